The van der Waals surface area contributed by atoms with Gasteiger partial charge in [0.25, 0.3) is 0 Å². The molecule has 1 aromatic carbocycles. The Bertz CT molecular complexity index is 474. The van der Waals surface area contributed by atoms with Crippen LogP contribution in [0.1, 0.15) is 17.2 Å². The van der Waals surface area contributed by atoms with Crippen molar-refractivity contribution in [1.29, 1.82) is 0 Å². The van der Waals surface area contributed by atoms with Gasteiger partial charge in [-0.3, -0.25) is 0 Å². The summed E-state index contributed by atoms with van der Waals surface area (Å²) in [6, 6.07) is 7.67. The van der Waals surface area contributed by atoms with Crippen LogP contribution in [-0.2, 0) is 6.61 Å². The van der Waals surface area contributed by atoms with E-state index in [9.17, 15) is 0 Å². The van der Waals surface area contributed by atoms with Gasteiger partial charge >= 0.3 is 0 Å². The van der Waals surface area contributed by atoms with Gasteiger partial charge in [0.05, 0.1) is 6.61 Å². The van der Waals surface area contributed by atoms with E-state index in [-0.39, 0.29) is 6.61 Å². The number of aromatic nitrogens is 1. The Hall–Kier alpha value is -1.61. The molecule has 0 bridgehead atoms. The average Bonchev–Trinajstić information content (AvgIpc) is 2.58. The van der Waals surface area contributed by atoms with E-state index in [0.717, 1.165) is 22.6 Å². The minimum absolute atomic E-state index is 0.0454. The van der Waals surface area contributed by atoms with Crippen LogP contribution in [0.15, 0.2) is 28.7 Å². The third-order valence-electron chi connectivity index (χ3n) is 2.29. The van der Waals surface area contributed by atoms with Crippen LogP contribution < -0.4 is 0 Å². The van der Waals surface area contributed by atoms with Crippen molar-refractivity contribution in [3.05, 3.63) is 41.5 Å². The Morgan fingerprint density at radius 1 is 1.33 bits per heavy atom. The molecule has 0 atom stereocenters. The minimum Gasteiger partial charge on any atom is -0.446 e. The van der Waals surface area contributed by atoms with Crippen LogP contribution in [0.3, 0.4) is 0 Å². The molecule has 1 heterocycles. The summed E-state index contributed by atoms with van der Waals surface area (Å²) in [6.07, 6.45) is 0. The first-order valence-corrected chi connectivity index (χ1v) is 4.85. The molecule has 0 aliphatic heterocycles. The normalized spacial score (nSPS) is 10.6. The second-order valence-corrected chi connectivity index (χ2v) is 3.50. The lowest BCUT2D eigenvalue weighted by atomic mass is 10.1. The van der Waals surface area contributed by atoms with Crippen molar-refractivity contribution in [1.82, 2.24) is 4.98 Å². The molecule has 2 rings (SSSR count). The van der Waals surface area contributed by atoms with Crippen molar-refractivity contribution in [2.45, 2.75) is 20.5 Å². The molecule has 0 radical (unpaired) electrons. The van der Waals surface area contributed by atoms with Crippen molar-refractivity contribution in [2.75, 3.05) is 0 Å². The zero-order chi connectivity index (χ0) is 10.8. The molecule has 3 heteroatoms. The smallest absolute Gasteiger partial charge is 0.191 e. The van der Waals surface area contributed by atoms with Crippen LogP contribution in [0.2, 0.25) is 0 Å². The highest BCUT2D eigenvalue weighted by Crippen LogP contribution is 2.23. The topological polar surface area (TPSA) is 46.3 Å². The number of aryl methyl sites for hydroxylation is 2. The number of benzene rings is 1. The summed E-state index contributed by atoms with van der Waals surface area (Å²) >= 11 is 0. The second-order valence-electron chi connectivity index (χ2n) is 3.50. The van der Waals surface area contributed by atoms with E-state index < -0.39 is 0 Å². The van der Waals surface area contributed by atoms with Gasteiger partial charge in [-0.1, -0.05) is 18.2 Å². The lowest BCUT2D eigenvalue weighted by Crippen LogP contribution is -1.86. The number of oxazole rings is 1. The van der Waals surface area contributed by atoms with Gasteiger partial charge in [0, 0.05) is 12.5 Å². The van der Waals surface area contributed by atoms with Gasteiger partial charge in [-0.15, -0.1) is 0 Å². The van der Waals surface area contributed by atoms with Crippen LogP contribution in [0.4, 0.5) is 0 Å². The summed E-state index contributed by atoms with van der Waals surface area (Å²) in [4.78, 5) is 4.31. The fraction of sp³-hybridized carbons (Fsp3) is 0.250. The van der Waals surface area contributed by atoms with Crippen molar-refractivity contribution < 1.29 is 9.52 Å². The maximum atomic E-state index is 9.04. The Kier molecular flexibility index (Phi) is 2.56. The van der Waals surface area contributed by atoms with Crippen molar-refractivity contribution in [2.24, 2.45) is 0 Å². The molecule has 2 aromatic rings. The summed E-state index contributed by atoms with van der Waals surface area (Å²) in [6.45, 7) is 3.76. The molecule has 0 saturated heterocycles. The molecular formula is C12H13NO2. The number of hydrogen-bond donors (Lipinski definition) is 1. The Labute approximate surface area is 88.4 Å². The molecule has 0 amide bonds. The second kappa shape index (κ2) is 3.87. The van der Waals surface area contributed by atoms with E-state index in [2.05, 4.69) is 4.98 Å². The SMILES string of the molecule is Cc1nc(-c2cccc(CO)c2)c(C)o1. The van der Waals surface area contributed by atoms with Crippen molar-refractivity contribution in [3.63, 3.8) is 0 Å². The molecule has 0 unspecified atom stereocenters. The van der Waals surface area contributed by atoms with E-state index in [1.165, 1.54) is 0 Å². The predicted octanol–water partition coefficient (Wildman–Crippen LogP) is 2.45. The molecule has 15 heavy (non-hydrogen) atoms. The van der Waals surface area contributed by atoms with Gasteiger partial charge in [-0.05, 0) is 18.6 Å². The molecule has 3 nitrogen and oxygen atoms in total. The fourth-order valence-electron chi connectivity index (χ4n) is 1.61. The minimum atomic E-state index is 0.0454. The van der Waals surface area contributed by atoms with Gasteiger partial charge in [0.15, 0.2) is 5.89 Å². The van der Waals surface area contributed by atoms with E-state index in [4.69, 9.17) is 9.52 Å². The fourth-order valence-corrected chi connectivity index (χ4v) is 1.61. The van der Waals surface area contributed by atoms with Crippen molar-refractivity contribution in [3.8, 4) is 11.3 Å². The van der Waals surface area contributed by atoms with Crippen LogP contribution in [-0.4, -0.2) is 10.1 Å². The number of aliphatic hydroxyl groups is 1. The zero-order valence-electron chi connectivity index (χ0n) is 8.82. The Balaban J connectivity index is 2.49. The summed E-state index contributed by atoms with van der Waals surface area (Å²) in [7, 11) is 0. The van der Waals surface area contributed by atoms with Crippen LogP contribution >= 0.6 is 0 Å². The van der Waals surface area contributed by atoms with E-state index in [1.807, 2.05) is 38.1 Å². The maximum Gasteiger partial charge on any atom is 0.191 e. The first kappa shape index (κ1) is 9.93. The third kappa shape index (κ3) is 1.92. The largest absolute Gasteiger partial charge is 0.446 e. The van der Waals surface area contributed by atoms with E-state index in [1.54, 1.807) is 0 Å². The number of nitrogens with zero attached hydrogens (tertiary/aromatic N) is 1. The quantitative estimate of drug-likeness (QED) is 0.815. The first-order chi connectivity index (χ1) is 7.20. The highest BCUT2D eigenvalue weighted by molar-refractivity contribution is 5.61. The van der Waals surface area contributed by atoms with Crippen LogP contribution in [0.25, 0.3) is 11.3 Å². The average molecular weight is 203 g/mol. The third-order valence-corrected chi connectivity index (χ3v) is 2.29. The summed E-state index contributed by atoms with van der Waals surface area (Å²) in [5.74, 6) is 1.47. The monoisotopic (exact) mass is 203 g/mol. The Morgan fingerprint density at radius 2 is 2.13 bits per heavy atom. The standard InChI is InChI=1S/C12H13NO2/c1-8-12(13-9(2)15-8)11-5-3-4-10(6-11)7-14/h3-6,14H,7H2,1-2H3. The van der Waals surface area contributed by atoms with Gasteiger partial charge in [-0.2, -0.15) is 0 Å². The number of hydrogen-bond acceptors (Lipinski definition) is 3. The molecular weight excluding hydrogens is 190 g/mol. The molecule has 0 aliphatic rings. The molecule has 0 saturated carbocycles. The zero-order valence-corrected chi connectivity index (χ0v) is 8.82. The Morgan fingerprint density at radius 3 is 2.73 bits per heavy atom. The molecule has 0 spiro atoms. The summed E-state index contributed by atoms with van der Waals surface area (Å²) in [5, 5.41) is 9.04. The van der Waals surface area contributed by atoms with E-state index in [0.29, 0.717) is 5.89 Å². The summed E-state index contributed by atoms with van der Waals surface area (Å²) in [5.41, 5.74) is 2.71. The summed E-state index contributed by atoms with van der Waals surface area (Å²) < 4.78 is 5.37. The number of rotatable bonds is 2. The lowest BCUT2D eigenvalue weighted by Gasteiger charge is -2.00. The lowest BCUT2D eigenvalue weighted by molar-refractivity contribution is 0.282. The van der Waals surface area contributed by atoms with Crippen LogP contribution in [0, 0.1) is 13.8 Å². The van der Waals surface area contributed by atoms with Crippen LogP contribution in [0.5, 0.6) is 0 Å². The maximum absolute atomic E-state index is 9.04. The first-order valence-electron chi connectivity index (χ1n) is 4.85. The van der Waals surface area contributed by atoms with Gasteiger partial charge in [0.1, 0.15) is 11.5 Å². The van der Waals surface area contributed by atoms with Crippen molar-refractivity contribution >= 4 is 0 Å². The molecule has 1 N–H and O–H groups in total. The molecule has 78 valence electrons. The molecule has 0 aliphatic carbocycles. The van der Waals surface area contributed by atoms with Gasteiger partial charge < -0.3 is 9.52 Å². The predicted molar refractivity (Wildman–Crippen MR) is 57.3 cm³/mol. The number of aliphatic hydroxyl groups excluding tert-OH is 1. The van der Waals surface area contributed by atoms with E-state index >= 15 is 0 Å². The highest BCUT2D eigenvalue weighted by Gasteiger charge is 2.08. The highest BCUT2D eigenvalue weighted by atomic mass is 16.4. The van der Waals surface area contributed by atoms with Gasteiger partial charge in [-0.25, -0.2) is 4.98 Å². The van der Waals surface area contributed by atoms with Gasteiger partial charge in [0.2, 0.25) is 0 Å². The molecule has 1 aromatic heterocycles. The molecule has 0 fully saturated rings.